The summed E-state index contributed by atoms with van der Waals surface area (Å²) in [6.07, 6.45) is 1.35. The van der Waals surface area contributed by atoms with Crippen LogP contribution in [0.5, 0.6) is 0 Å². The van der Waals surface area contributed by atoms with Crippen LogP contribution in [0.2, 0.25) is 0 Å². The zero-order valence-corrected chi connectivity index (χ0v) is 13.8. The molecule has 0 fully saturated rings. The molecule has 0 unspecified atom stereocenters. The highest BCUT2D eigenvalue weighted by Gasteiger charge is 2.13. The molecule has 0 radical (unpaired) electrons. The highest BCUT2D eigenvalue weighted by atomic mass is 79.9. The van der Waals surface area contributed by atoms with Crippen molar-refractivity contribution >= 4 is 33.2 Å². The molecule has 22 heavy (non-hydrogen) atoms. The van der Waals surface area contributed by atoms with E-state index < -0.39 is 5.91 Å². The first kappa shape index (κ1) is 16.3. The Bertz CT molecular complexity index is 743. The summed E-state index contributed by atoms with van der Waals surface area (Å²) in [5.41, 5.74) is 4.49. The monoisotopic (exact) mass is 365 g/mol. The number of aryl methyl sites for hydroxylation is 1. The number of hydrogen-bond donors (Lipinski definition) is 3. The minimum Gasteiger partial charge on any atom is -0.354 e. The zero-order valence-electron chi connectivity index (χ0n) is 12.2. The van der Waals surface area contributed by atoms with Gasteiger partial charge >= 0.3 is 0 Å². The standard InChI is InChI=1S/C15H16BrN3O3/c1-3-22-19-15(21)11-8-17-14(20)7-13(11)18-12-5-4-10(16)6-9(12)2/h4-8H,3H2,1-2H3,(H,19,21)(H2,17,18,20). The van der Waals surface area contributed by atoms with E-state index in [1.165, 1.54) is 12.3 Å². The third kappa shape index (κ3) is 3.96. The van der Waals surface area contributed by atoms with E-state index in [1.807, 2.05) is 25.1 Å². The van der Waals surface area contributed by atoms with Crippen molar-refractivity contribution in [1.82, 2.24) is 10.5 Å². The summed E-state index contributed by atoms with van der Waals surface area (Å²) >= 11 is 3.40. The summed E-state index contributed by atoms with van der Waals surface area (Å²) in [5.74, 6) is -0.435. The molecule has 0 saturated carbocycles. The molecule has 1 aromatic heterocycles. The Kier molecular flexibility index (Phi) is 5.35. The highest BCUT2D eigenvalue weighted by Crippen LogP contribution is 2.24. The van der Waals surface area contributed by atoms with Gasteiger partial charge in [0.25, 0.3) is 5.91 Å². The quantitative estimate of drug-likeness (QED) is 0.711. The number of carbonyl (C=O) groups excluding carboxylic acids is 1. The van der Waals surface area contributed by atoms with Crippen molar-refractivity contribution in [2.45, 2.75) is 13.8 Å². The lowest BCUT2D eigenvalue weighted by atomic mass is 10.1. The van der Waals surface area contributed by atoms with Crippen molar-refractivity contribution in [3.05, 3.63) is 56.4 Å². The molecule has 6 nitrogen and oxygen atoms in total. The number of hydroxylamine groups is 1. The van der Waals surface area contributed by atoms with E-state index in [2.05, 4.69) is 31.7 Å². The Hall–Kier alpha value is -2.12. The van der Waals surface area contributed by atoms with Gasteiger partial charge in [-0.1, -0.05) is 15.9 Å². The number of H-pyrrole nitrogens is 1. The second kappa shape index (κ2) is 7.24. The van der Waals surface area contributed by atoms with E-state index >= 15 is 0 Å². The van der Waals surface area contributed by atoms with Crippen molar-refractivity contribution in [2.24, 2.45) is 0 Å². The number of hydrogen-bond acceptors (Lipinski definition) is 4. The summed E-state index contributed by atoms with van der Waals surface area (Å²) in [4.78, 5) is 31.0. The Balaban J connectivity index is 2.35. The summed E-state index contributed by atoms with van der Waals surface area (Å²) in [5, 5.41) is 3.11. The predicted octanol–water partition coefficient (Wildman–Crippen LogP) is 2.87. The number of halogens is 1. The lowest BCUT2D eigenvalue weighted by Gasteiger charge is -2.13. The molecule has 1 heterocycles. The van der Waals surface area contributed by atoms with Crippen LogP contribution in [-0.4, -0.2) is 17.5 Å². The fourth-order valence-electron chi connectivity index (χ4n) is 1.87. The Morgan fingerprint density at radius 2 is 2.09 bits per heavy atom. The first-order chi connectivity index (χ1) is 10.5. The van der Waals surface area contributed by atoms with E-state index in [0.717, 1.165) is 15.7 Å². The lowest BCUT2D eigenvalue weighted by Crippen LogP contribution is -2.25. The molecule has 0 saturated heterocycles. The zero-order chi connectivity index (χ0) is 16.1. The molecule has 3 N–H and O–H groups in total. The molecule has 0 aliphatic heterocycles. The van der Waals surface area contributed by atoms with E-state index in [4.69, 9.17) is 4.84 Å². The number of aromatic nitrogens is 1. The first-order valence-corrected chi connectivity index (χ1v) is 7.48. The molecule has 0 aliphatic rings. The maximum absolute atomic E-state index is 12.1. The Morgan fingerprint density at radius 3 is 2.77 bits per heavy atom. The van der Waals surface area contributed by atoms with E-state index in [-0.39, 0.29) is 11.1 Å². The maximum atomic E-state index is 12.1. The number of rotatable bonds is 5. The van der Waals surface area contributed by atoms with Crippen LogP contribution in [0.1, 0.15) is 22.8 Å². The Morgan fingerprint density at radius 1 is 1.32 bits per heavy atom. The van der Waals surface area contributed by atoms with Gasteiger partial charge in [0.15, 0.2) is 0 Å². The number of aromatic amines is 1. The molecule has 0 aliphatic carbocycles. The largest absolute Gasteiger partial charge is 0.354 e. The number of benzene rings is 1. The minimum atomic E-state index is -0.435. The molecule has 116 valence electrons. The van der Waals surface area contributed by atoms with Crippen LogP contribution in [0.15, 0.2) is 39.7 Å². The van der Waals surface area contributed by atoms with Gasteiger partial charge in [0, 0.05) is 22.4 Å². The van der Waals surface area contributed by atoms with E-state index in [0.29, 0.717) is 12.3 Å². The summed E-state index contributed by atoms with van der Waals surface area (Å²) in [6.45, 7) is 4.04. The number of anilines is 2. The van der Waals surface area contributed by atoms with Crippen LogP contribution < -0.4 is 16.4 Å². The van der Waals surface area contributed by atoms with Crippen LogP contribution >= 0.6 is 15.9 Å². The van der Waals surface area contributed by atoms with Crippen molar-refractivity contribution in [3.63, 3.8) is 0 Å². The molecule has 7 heteroatoms. The van der Waals surface area contributed by atoms with Crippen LogP contribution in [0, 0.1) is 6.92 Å². The average Bonchev–Trinajstić information content (AvgIpc) is 2.48. The van der Waals surface area contributed by atoms with Crippen molar-refractivity contribution in [1.29, 1.82) is 0 Å². The van der Waals surface area contributed by atoms with Gasteiger partial charge in [-0.3, -0.25) is 14.4 Å². The minimum absolute atomic E-state index is 0.287. The van der Waals surface area contributed by atoms with E-state index in [1.54, 1.807) is 6.92 Å². The van der Waals surface area contributed by atoms with Crippen LogP contribution in [-0.2, 0) is 4.84 Å². The normalized spacial score (nSPS) is 10.3. The SMILES string of the molecule is CCONC(=O)c1c[nH]c(=O)cc1Nc1ccc(Br)cc1C. The summed E-state index contributed by atoms with van der Waals surface area (Å²) in [7, 11) is 0. The van der Waals surface area contributed by atoms with Gasteiger partial charge in [-0.2, -0.15) is 0 Å². The molecule has 0 atom stereocenters. The van der Waals surface area contributed by atoms with Gasteiger partial charge in [0.05, 0.1) is 17.9 Å². The van der Waals surface area contributed by atoms with E-state index in [9.17, 15) is 9.59 Å². The Labute approximate surface area is 136 Å². The summed E-state index contributed by atoms with van der Waals surface area (Å²) in [6, 6.07) is 7.02. The summed E-state index contributed by atoms with van der Waals surface area (Å²) < 4.78 is 0.954. The fourth-order valence-corrected chi connectivity index (χ4v) is 2.34. The van der Waals surface area contributed by atoms with Gasteiger partial charge < -0.3 is 10.3 Å². The third-order valence-corrected chi connectivity index (χ3v) is 3.43. The number of amides is 1. The van der Waals surface area contributed by atoms with Crippen molar-refractivity contribution in [2.75, 3.05) is 11.9 Å². The van der Waals surface area contributed by atoms with Gasteiger partial charge in [-0.05, 0) is 37.6 Å². The van der Waals surface area contributed by atoms with Crippen LogP contribution in [0.25, 0.3) is 0 Å². The molecule has 1 aromatic carbocycles. The second-order valence-corrected chi connectivity index (χ2v) is 5.49. The van der Waals surface area contributed by atoms with Gasteiger partial charge in [-0.15, -0.1) is 0 Å². The maximum Gasteiger partial charge on any atom is 0.278 e. The average molecular weight is 366 g/mol. The van der Waals surface area contributed by atoms with Crippen LogP contribution in [0.3, 0.4) is 0 Å². The third-order valence-electron chi connectivity index (χ3n) is 2.94. The molecule has 0 spiro atoms. The molecule has 0 bridgehead atoms. The number of nitrogens with one attached hydrogen (secondary N) is 3. The number of carbonyl (C=O) groups is 1. The highest BCUT2D eigenvalue weighted by molar-refractivity contribution is 9.10. The lowest BCUT2D eigenvalue weighted by molar-refractivity contribution is 0.0365. The van der Waals surface area contributed by atoms with Gasteiger partial charge in [0.2, 0.25) is 5.56 Å². The van der Waals surface area contributed by atoms with Crippen molar-refractivity contribution in [3.8, 4) is 0 Å². The molecular weight excluding hydrogens is 350 g/mol. The fraction of sp³-hybridized carbons (Fsp3) is 0.200. The molecular formula is C15H16BrN3O3. The molecule has 1 amide bonds. The van der Waals surface area contributed by atoms with Gasteiger partial charge in [0.1, 0.15) is 0 Å². The van der Waals surface area contributed by atoms with Crippen LogP contribution in [0.4, 0.5) is 11.4 Å². The smallest absolute Gasteiger partial charge is 0.278 e. The topological polar surface area (TPSA) is 83.2 Å². The molecule has 2 aromatic rings. The second-order valence-electron chi connectivity index (χ2n) is 4.57. The predicted molar refractivity (Wildman–Crippen MR) is 88.3 cm³/mol. The van der Waals surface area contributed by atoms with Crippen molar-refractivity contribution < 1.29 is 9.63 Å². The van der Waals surface area contributed by atoms with Gasteiger partial charge in [-0.25, -0.2) is 5.48 Å². The first-order valence-electron chi connectivity index (χ1n) is 6.69. The molecule has 2 rings (SSSR count). The number of pyridine rings is 1.